The van der Waals surface area contributed by atoms with Crippen molar-refractivity contribution in [1.29, 1.82) is 0 Å². The van der Waals surface area contributed by atoms with E-state index in [0.29, 0.717) is 0 Å². The Morgan fingerprint density at radius 1 is 1.14 bits per heavy atom. The number of nitrogens with one attached hydrogen (secondary N) is 1. The molecule has 0 spiro atoms. The van der Waals surface area contributed by atoms with E-state index in [2.05, 4.69) is 10.3 Å². The summed E-state index contributed by atoms with van der Waals surface area (Å²) in [5.74, 6) is 0. The molecule has 1 aromatic rings. The van der Waals surface area contributed by atoms with E-state index in [1.54, 1.807) is 0 Å². The van der Waals surface area contributed by atoms with Gasteiger partial charge in [-0.15, -0.1) is 0 Å². The Kier molecular flexibility index (Phi) is 3.92. The lowest BCUT2D eigenvalue weighted by atomic mass is 10.2. The molecule has 0 unspecified atom stereocenters. The van der Waals surface area contributed by atoms with Gasteiger partial charge >= 0.3 is 0 Å². The van der Waals surface area contributed by atoms with Gasteiger partial charge in [0.05, 0.1) is 5.70 Å². The summed E-state index contributed by atoms with van der Waals surface area (Å²) in [6, 6.07) is 8.09. The van der Waals surface area contributed by atoms with Crippen molar-refractivity contribution in [3.8, 4) is 0 Å². The first-order chi connectivity index (χ1) is 6.86. The van der Waals surface area contributed by atoms with Crippen LogP contribution in [0, 0.1) is 0 Å². The Balaban J connectivity index is 0.000000461. The van der Waals surface area contributed by atoms with Crippen molar-refractivity contribution in [3.05, 3.63) is 41.7 Å². The highest BCUT2D eigenvalue weighted by atomic mass is 14.9. The summed E-state index contributed by atoms with van der Waals surface area (Å²) < 4.78 is 0. The first-order valence-electron chi connectivity index (χ1n) is 4.93. The van der Waals surface area contributed by atoms with Crippen molar-refractivity contribution in [2.24, 2.45) is 4.99 Å². The smallest absolute Gasteiger partial charge is 0.0532 e. The zero-order chi connectivity index (χ0) is 10.4. The molecule has 0 aromatic heterocycles. The summed E-state index contributed by atoms with van der Waals surface area (Å²) in [6.07, 6.45) is 3.78. The molecule has 2 nitrogen and oxygen atoms in total. The summed E-state index contributed by atoms with van der Waals surface area (Å²) in [7, 11) is 0. The lowest BCUT2D eigenvalue weighted by Gasteiger charge is -2.01. The van der Waals surface area contributed by atoms with E-state index in [1.165, 1.54) is 0 Å². The molecule has 0 saturated carbocycles. The molecule has 1 heterocycles. The van der Waals surface area contributed by atoms with Crippen LogP contribution in [0.5, 0.6) is 0 Å². The summed E-state index contributed by atoms with van der Waals surface area (Å²) >= 11 is 0. The second-order valence-corrected chi connectivity index (χ2v) is 2.78. The van der Waals surface area contributed by atoms with Gasteiger partial charge in [0.2, 0.25) is 0 Å². The van der Waals surface area contributed by atoms with E-state index in [4.69, 9.17) is 0 Å². The maximum Gasteiger partial charge on any atom is 0.0532 e. The standard InChI is InChI=1S/C10H10N2.C2H6/c1-8-6-12-10-5-3-2-4-9(10)7-11-8;1-2/h2-7,12H,1H3;1-2H3. The highest BCUT2D eigenvalue weighted by molar-refractivity contribution is 5.89. The van der Waals surface area contributed by atoms with E-state index < -0.39 is 0 Å². The van der Waals surface area contributed by atoms with Gasteiger partial charge in [-0.1, -0.05) is 32.0 Å². The molecule has 14 heavy (non-hydrogen) atoms. The molecule has 1 aromatic carbocycles. The Labute approximate surface area is 85.4 Å². The van der Waals surface area contributed by atoms with Crippen LogP contribution in [-0.4, -0.2) is 6.21 Å². The monoisotopic (exact) mass is 188 g/mol. The molecule has 1 aliphatic rings. The van der Waals surface area contributed by atoms with E-state index in [-0.39, 0.29) is 0 Å². The van der Waals surface area contributed by atoms with Crippen LogP contribution < -0.4 is 5.32 Å². The van der Waals surface area contributed by atoms with Crippen LogP contribution in [0.25, 0.3) is 0 Å². The third kappa shape index (κ3) is 2.46. The number of benzene rings is 1. The molecule has 0 bridgehead atoms. The molecule has 0 radical (unpaired) electrons. The lowest BCUT2D eigenvalue weighted by Crippen LogP contribution is -1.90. The van der Waals surface area contributed by atoms with Gasteiger partial charge in [0.25, 0.3) is 0 Å². The number of aliphatic imine (C=N–C) groups is 1. The second-order valence-electron chi connectivity index (χ2n) is 2.78. The summed E-state index contributed by atoms with van der Waals surface area (Å²) in [5.41, 5.74) is 3.23. The zero-order valence-electron chi connectivity index (χ0n) is 8.91. The molecule has 0 atom stereocenters. The lowest BCUT2D eigenvalue weighted by molar-refractivity contribution is 1.31. The van der Waals surface area contributed by atoms with Crippen molar-refractivity contribution < 1.29 is 0 Å². The van der Waals surface area contributed by atoms with Gasteiger partial charge in [-0.25, -0.2) is 0 Å². The predicted molar refractivity (Wildman–Crippen MR) is 62.8 cm³/mol. The maximum atomic E-state index is 4.24. The molecule has 2 rings (SSSR count). The van der Waals surface area contributed by atoms with Gasteiger partial charge in [0, 0.05) is 23.7 Å². The molecule has 0 fully saturated rings. The number of anilines is 1. The van der Waals surface area contributed by atoms with Gasteiger partial charge in [-0.2, -0.15) is 0 Å². The number of fused-ring (bicyclic) bond motifs is 1. The fraction of sp³-hybridized carbons (Fsp3) is 0.250. The van der Waals surface area contributed by atoms with Crippen LogP contribution in [0.15, 0.2) is 41.2 Å². The number of nitrogens with zero attached hydrogens (tertiary/aromatic N) is 1. The van der Waals surface area contributed by atoms with Gasteiger partial charge in [-0.05, 0) is 13.0 Å². The number of hydrogen-bond donors (Lipinski definition) is 1. The first-order valence-corrected chi connectivity index (χ1v) is 4.93. The van der Waals surface area contributed by atoms with Gasteiger partial charge < -0.3 is 5.32 Å². The van der Waals surface area contributed by atoms with Gasteiger partial charge in [-0.3, -0.25) is 4.99 Å². The topological polar surface area (TPSA) is 24.4 Å². The van der Waals surface area contributed by atoms with Gasteiger partial charge in [0.15, 0.2) is 0 Å². The average Bonchev–Trinajstić information content (AvgIpc) is 2.45. The Morgan fingerprint density at radius 2 is 1.86 bits per heavy atom. The highest BCUT2D eigenvalue weighted by Gasteiger charge is 1.99. The van der Waals surface area contributed by atoms with Crippen LogP contribution in [0.3, 0.4) is 0 Å². The van der Waals surface area contributed by atoms with Crippen molar-refractivity contribution in [3.63, 3.8) is 0 Å². The predicted octanol–water partition coefficient (Wildman–Crippen LogP) is 3.42. The van der Waals surface area contributed by atoms with Crippen LogP contribution >= 0.6 is 0 Å². The molecule has 0 amide bonds. The molecule has 0 aliphatic carbocycles. The quantitative estimate of drug-likeness (QED) is 0.662. The van der Waals surface area contributed by atoms with E-state index in [0.717, 1.165) is 16.9 Å². The fourth-order valence-electron chi connectivity index (χ4n) is 1.13. The molecule has 0 saturated heterocycles. The van der Waals surface area contributed by atoms with Crippen molar-refractivity contribution in [2.45, 2.75) is 20.8 Å². The van der Waals surface area contributed by atoms with E-state index in [1.807, 2.05) is 57.5 Å². The van der Waals surface area contributed by atoms with Crippen molar-refractivity contribution in [1.82, 2.24) is 0 Å². The Hall–Kier alpha value is -1.57. The summed E-state index contributed by atoms with van der Waals surface area (Å²) in [4.78, 5) is 4.24. The fourth-order valence-corrected chi connectivity index (χ4v) is 1.13. The number of rotatable bonds is 0. The third-order valence-electron chi connectivity index (χ3n) is 1.80. The van der Waals surface area contributed by atoms with E-state index >= 15 is 0 Å². The molecular formula is C12H16N2. The Morgan fingerprint density at radius 3 is 2.64 bits per heavy atom. The van der Waals surface area contributed by atoms with Crippen molar-refractivity contribution in [2.75, 3.05) is 5.32 Å². The normalized spacial score (nSPS) is 12.6. The minimum Gasteiger partial charge on any atom is -0.359 e. The Bertz CT molecular complexity index is 351. The largest absolute Gasteiger partial charge is 0.359 e. The molecular weight excluding hydrogens is 172 g/mol. The highest BCUT2D eigenvalue weighted by Crippen LogP contribution is 2.16. The van der Waals surface area contributed by atoms with Crippen LogP contribution in [0.1, 0.15) is 26.3 Å². The van der Waals surface area contributed by atoms with Crippen LogP contribution in [-0.2, 0) is 0 Å². The summed E-state index contributed by atoms with van der Waals surface area (Å²) in [5, 5.41) is 3.19. The zero-order valence-corrected chi connectivity index (χ0v) is 8.91. The minimum atomic E-state index is 0.992. The second kappa shape index (κ2) is 5.22. The maximum absolute atomic E-state index is 4.24. The van der Waals surface area contributed by atoms with Crippen LogP contribution in [0.2, 0.25) is 0 Å². The average molecular weight is 188 g/mol. The van der Waals surface area contributed by atoms with E-state index in [9.17, 15) is 0 Å². The first kappa shape index (κ1) is 10.5. The third-order valence-corrected chi connectivity index (χ3v) is 1.80. The molecule has 2 heteroatoms. The SMILES string of the molecule is CC.CC1=CNc2ccccc2C=N1. The number of hydrogen-bond acceptors (Lipinski definition) is 2. The molecule has 1 N–H and O–H groups in total. The van der Waals surface area contributed by atoms with Gasteiger partial charge in [0.1, 0.15) is 0 Å². The molecule has 1 aliphatic heterocycles. The number of para-hydroxylation sites is 1. The molecule has 74 valence electrons. The minimum absolute atomic E-state index is 0.992. The number of allylic oxidation sites excluding steroid dienone is 1. The van der Waals surface area contributed by atoms with Crippen molar-refractivity contribution >= 4 is 11.9 Å². The van der Waals surface area contributed by atoms with Crippen LogP contribution in [0.4, 0.5) is 5.69 Å². The summed E-state index contributed by atoms with van der Waals surface area (Å²) in [6.45, 7) is 5.97.